The number of amides is 1. The molecule has 2 aliphatic heterocycles. The Labute approximate surface area is 176 Å². The lowest BCUT2D eigenvalue weighted by atomic mass is 10.1. The first-order valence-corrected chi connectivity index (χ1v) is 10.5. The number of nitrogens with zero attached hydrogens (tertiary/aromatic N) is 2. The van der Waals surface area contributed by atoms with Crippen LogP contribution in [-0.2, 0) is 11.2 Å². The third-order valence-corrected chi connectivity index (χ3v) is 5.64. The Bertz CT molecular complexity index is 882. The minimum Gasteiger partial charge on any atom is -0.486 e. The lowest BCUT2D eigenvalue weighted by Crippen LogP contribution is -2.46. The van der Waals surface area contributed by atoms with Gasteiger partial charge in [0.25, 0.3) is 0 Å². The van der Waals surface area contributed by atoms with E-state index in [-0.39, 0.29) is 12.3 Å². The highest BCUT2D eigenvalue weighted by atomic mass is 35.5. The summed E-state index contributed by atoms with van der Waals surface area (Å²) in [5, 5.41) is 3.54. The second-order valence-corrected chi connectivity index (χ2v) is 7.67. The van der Waals surface area contributed by atoms with Crippen LogP contribution in [-0.4, -0.2) is 56.7 Å². The fourth-order valence-electron chi connectivity index (χ4n) is 3.81. The van der Waals surface area contributed by atoms with Gasteiger partial charge in [-0.2, -0.15) is 0 Å². The van der Waals surface area contributed by atoms with Gasteiger partial charge in [0, 0.05) is 26.2 Å². The molecule has 1 fully saturated rings. The van der Waals surface area contributed by atoms with Gasteiger partial charge in [0.05, 0.1) is 22.8 Å². The average molecular weight is 416 g/mol. The molecule has 29 heavy (non-hydrogen) atoms. The molecule has 0 aromatic heterocycles. The molecule has 1 N–H and O–H groups in total. The molecule has 0 atom stereocenters. The molecular formula is C22H26ClN3O3. The molecule has 0 spiro atoms. The lowest BCUT2D eigenvalue weighted by molar-refractivity contribution is -0.115. The largest absolute Gasteiger partial charge is 0.486 e. The fraction of sp³-hybridized carbons (Fsp3) is 0.409. The van der Waals surface area contributed by atoms with Crippen molar-refractivity contribution in [3.05, 3.63) is 47.0 Å². The first kappa shape index (κ1) is 19.9. The van der Waals surface area contributed by atoms with Gasteiger partial charge in [0.1, 0.15) is 13.2 Å². The van der Waals surface area contributed by atoms with Gasteiger partial charge in [-0.05, 0) is 36.4 Å². The van der Waals surface area contributed by atoms with Crippen LogP contribution >= 0.6 is 11.6 Å². The number of likely N-dealkylation sites (N-methyl/N-ethyl adjacent to an activating group) is 1. The predicted octanol–water partition coefficient (Wildman–Crippen LogP) is 3.43. The van der Waals surface area contributed by atoms with E-state index in [1.807, 2.05) is 24.3 Å². The van der Waals surface area contributed by atoms with E-state index in [9.17, 15) is 4.79 Å². The van der Waals surface area contributed by atoms with Crippen molar-refractivity contribution in [1.82, 2.24) is 4.90 Å². The number of hydrogen-bond donors (Lipinski definition) is 1. The van der Waals surface area contributed by atoms with E-state index in [0.717, 1.165) is 49.7 Å². The summed E-state index contributed by atoms with van der Waals surface area (Å²) in [6.45, 7) is 8.21. The van der Waals surface area contributed by atoms with Crippen LogP contribution in [0.2, 0.25) is 5.02 Å². The number of halogens is 1. The normalized spacial score (nSPS) is 16.6. The molecule has 2 aromatic rings. The number of para-hydroxylation sites is 2. The van der Waals surface area contributed by atoms with Crippen LogP contribution in [0.1, 0.15) is 12.5 Å². The maximum absolute atomic E-state index is 12.7. The van der Waals surface area contributed by atoms with Gasteiger partial charge in [-0.3, -0.25) is 4.79 Å². The van der Waals surface area contributed by atoms with E-state index in [0.29, 0.717) is 29.7 Å². The van der Waals surface area contributed by atoms with E-state index in [1.165, 1.54) is 0 Å². The fourth-order valence-corrected chi connectivity index (χ4v) is 4.09. The van der Waals surface area contributed by atoms with Gasteiger partial charge >= 0.3 is 0 Å². The number of piperazine rings is 1. The molecule has 0 aliphatic carbocycles. The van der Waals surface area contributed by atoms with Gasteiger partial charge in [0.2, 0.25) is 5.91 Å². The van der Waals surface area contributed by atoms with E-state index >= 15 is 0 Å². The second-order valence-electron chi connectivity index (χ2n) is 7.27. The number of anilines is 2. The third-order valence-electron chi connectivity index (χ3n) is 5.36. The molecular weight excluding hydrogens is 390 g/mol. The van der Waals surface area contributed by atoms with Crippen molar-refractivity contribution in [2.45, 2.75) is 13.3 Å². The quantitative estimate of drug-likeness (QED) is 0.810. The molecule has 7 heteroatoms. The van der Waals surface area contributed by atoms with Crippen LogP contribution < -0.4 is 19.7 Å². The molecule has 154 valence electrons. The van der Waals surface area contributed by atoms with Crippen molar-refractivity contribution >= 4 is 28.9 Å². The Kier molecular flexibility index (Phi) is 6.11. The molecule has 2 aliphatic rings. The number of benzene rings is 2. The van der Waals surface area contributed by atoms with Gasteiger partial charge in [-0.25, -0.2) is 0 Å². The summed E-state index contributed by atoms with van der Waals surface area (Å²) in [4.78, 5) is 17.5. The van der Waals surface area contributed by atoms with Gasteiger partial charge in [0.15, 0.2) is 11.5 Å². The SMILES string of the molecule is CCN1CCN(c2ccccc2NC(=O)Cc2cc(Cl)c3c(c2)OCCO3)CC1. The molecule has 0 radical (unpaired) electrons. The van der Waals surface area contributed by atoms with Crippen molar-refractivity contribution in [2.24, 2.45) is 0 Å². The first-order valence-electron chi connectivity index (χ1n) is 10.1. The summed E-state index contributed by atoms with van der Waals surface area (Å²) >= 11 is 6.29. The van der Waals surface area contributed by atoms with E-state index in [2.05, 4.69) is 28.1 Å². The standard InChI is InChI=1S/C22H26ClN3O3/c1-2-25-7-9-26(10-8-25)19-6-4-3-5-18(19)24-21(27)15-16-13-17(23)22-20(14-16)28-11-12-29-22/h3-6,13-14H,2,7-12,15H2,1H3,(H,24,27). The zero-order valence-electron chi connectivity index (χ0n) is 16.6. The summed E-state index contributed by atoms with van der Waals surface area (Å²) in [6.07, 6.45) is 0.217. The topological polar surface area (TPSA) is 54.0 Å². The molecule has 0 unspecified atom stereocenters. The third kappa shape index (κ3) is 4.60. The van der Waals surface area contributed by atoms with Gasteiger partial charge < -0.3 is 24.6 Å². The van der Waals surface area contributed by atoms with E-state index in [1.54, 1.807) is 6.07 Å². The molecule has 1 saturated heterocycles. The summed E-state index contributed by atoms with van der Waals surface area (Å²) in [5.74, 6) is 1.07. The van der Waals surface area contributed by atoms with Crippen molar-refractivity contribution in [3.63, 3.8) is 0 Å². The van der Waals surface area contributed by atoms with Crippen LogP contribution in [0.5, 0.6) is 11.5 Å². The zero-order chi connectivity index (χ0) is 20.2. The van der Waals surface area contributed by atoms with Crippen LogP contribution in [0, 0.1) is 0 Å². The Morgan fingerprint density at radius 1 is 1.10 bits per heavy atom. The lowest BCUT2D eigenvalue weighted by Gasteiger charge is -2.36. The number of carbonyl (C=O) groups is 1. The number of rotatable bonds is 5. The number of hydrogen-bond acceptors (Lipinski definition) is 5. The molecule has 1 amide bonds. The van der Waals surface area contributed by atoms with Gasteiger partial charge in [-0.1, -0.05) is 30.7 Å². The summed E-state index contributed by atoms with van der Waals surface area (Å²) in [6, 6.07) is 11.6. The molecule has 0 saturated carbocycles. The average Bonchev–Trinajstić information content (AvgIpc) is 2.74. The monoisotopic (exact) mass is 415 g/mol. The van der Waals surface area contributed by atoms with Crippen LogP contribution in [0.15, 0.2) is 36.4 Å². The maximum Gasteiger partial charge on any atom is 0.228 e. The molecule has 0 bridgehead atoms. The van der Waals surface area contributed by atoms with Crippen LogP contribution in [0.3, 0.4) is 0 Å². The highest BCUT2D eigenvalue weighted by molar-refractivity contribution is 6.32. The number of carbonyl (C=O) groups excluding carboxylic acids is 1. The Morgan fingerprint density at radius 2 is 1.86 bits per heavy atom. The molecule has 2 aromatic carbocycles. The minimum absolute atomic E-state index is 0.0858. The molecule has 6 nitrogen and oxygen atoms in total. The highest BCUT2D eigenvalue weighted by Gasteiger charge is 2.20. The van der Waals surface area contributed by atoms with E-state index < -0.39 is 0 Å². The summed E-state index contributed by atoms with van der Waals surface area (Å²) in [7, 11) is 0. The van der Waals surface area contributed by atoms with Crippen molar-refractivity contribution in [1.29, 1.82) is 0 Å². The Hall–Kier alpha value is -2.44. The molecule has 2 heterocycles. The van der Waals surface area contributed by atoms with Crippen molar-refractivity contribution in [3.8, 4) is 11.5 Å². The number of ether oxygens (including phenoxy) is 2. The smallest absolute Gasteiger partial charge is 0.228 e. The second kappa shape index (κ2) is 8.93. The van der Waals surface area contributed by atoms with Crippen LogP contribution in [0.4, 0.5) is 11.4 Å². The zero-order valence-corrected chi connectivity index (χ0v) is 17.4. The highest BCUT2D eigenvalue weighted by Crippen LogP contribution is 2.38. The summed E-state index contributed by atoms with van der Waals surface area (Å²) < 4.78 is 11.2. The number of nitrogens with one attached hydrogen (secondary N) is 1. The summed E-state index contributed by atoms with van der Waals surface area (Å²) in [5.41, 5.74) is 2.70. The maximum atomic E-state index is 12.7. The predicted molar refractivity (Wildman–Crippen MR) is 116 cm³/mol. The Balaban J connectivity index is 1.45. The van der Waals surface area contributed by atoms with Crippen LogP contribution in [0.25, 0.3) is 0 Å². The van der Waals surface area contributed by atoms with Crippen molar-refractivity contribution in [2.75, 3.05) is 56.2 Å². The van der Waals surface area contributed by atoms with Gasteiger partial charge in [-0.15, -0.1) is 0 Å². The van der Waals surface area contributed by atoms with E-state index in [4.69, 9.17) is 21.1 Å². The minimum atomic E-state index is -0.0858. The molecule has 4 rings (SSSR count). The first-order chi connectivity index (χ1) is 14.1. The Morgan fingerprint density at radius 3 is 2.66 bits per heavy atom. The number of fused-ring (bicyclic) bond motifs is 1. The van der Waals surface area contributed by atoms with Crippen molar-refractivity contribution < 1.29 is 14.3 Å².